The minimum atomic E-state index is -1.21. The number of nitrogens with one attached hydrogen (secondary N) is 2. The first-order valence-electron chi connectivity index (χ1n) is 5.41. The highest BCUT2D eigenvalue weighted by Crippen LogP contribution is 2.30. The van der Waals surface area contributed by atoms with Crippen molar-refractivity contribution in [3.8, 4) is 0 Å². The fourth-order valence-electron chi connectivity index (χ4n) is 1.93. The summed E-state index contributed by atoms with van der Waals surface area (Å²) in [5, 5.41) is 22.4. The van der Waals surface area contributed by atoms with E-state index in [1.165, 1.54) is 6.20 Å². The molecule has 2 rings (SSSR count). The van der Waals surface area contributed by atoms with Gasteiger partial charge in [0.2, 0.25) is 11.0 Å². The summed E-state index contributed by atoms with van der Waals surface area (Å²) >= 11 is 0. The molecular formula is C9H12N5O5+. The topological polar surface area (TPSA) is 155 Å². The van der Waals surface area contributed by atoms with Crippen molar-refractivity contribution in [3.63, 3.8) is 0 Å². The Hall–Kier alpha value is -2.13. The van der Waals surface area contributed by atoms with E-state index < -0.39 is 42.3 Å². The van der Waals surface area contributed by atoms with Crippen LogP contribution in [0.5, 0.6) is 0 Å². The molecule has 1 aliphatic heterocycles. The second-order valence-corrected chi connectivity index (χ2v) is 3.96. The van der Waals surface area contributed by atoms with Crippen LogP contribution in [-0.2, 0) is 4.74 Å². The van der Waals surface area contributed by atoms with E-state index in [1.807, 2.05) is 4.98 Å². The van der Waals surface area contributed by atoms with Crippen LogP contribution in [0.1, 0.15) is 6.23 Å². The lowest BCUT2D eigenvalue weighted by molar-refractivity contribution is -0.0465. The Balaban J connectivity index is 2.44. The van der Waals surface area contributed by atoms with Gasteiger partial charge in [-0.15, -0.1) is 0 Å². The fraction of sp³-hybridized carbons (Fsp3) is 0.556. The van der Waals surface area contributed by atoms with Crippen molar-refractivity contribution in [2.45, 2.75) is 24.5 Å². The van der Waals surface area contributed by atoms with Gasteiger partial charge in [0.05, 0.1) is 6.61 Å². The van der Waals surface area contributed by atoms with E-state index in [4.69, 9.17) is 15.4 Å². The lowest BCUT2D eigenvalue weighted by Gasteiger charge is -2.14. The predicted molar refractivity (Wildman–Crippen MR) is 59.4 cm³/mol. The molecule has 4 atom stereocenters. The maximum Gasteiger partial charge on any atom is 0.330 e. The molecule has 0 bridgehead atoms. The SMILES string of the molecule is N=[N+]=N[C@@H]1[C@H](O)[C@@H](CO)O[C@H]1n1ccc(=O)[nH]c1=O. The zero-order chi connectivity index (χ0) is 14.0. The standard InChI is InChI=1S/C9H11N5O5/c10-13-12-6-7(17)4(3-15)19-8(6)14-2-1-5(16)11-9(14)18/h1-2,4,6-8,10,15,17H,3H2/p+1/t4-,6-,7-,8-/m1/s1. The van der Waals surface area contributed by atoms with Crippen LogP contribution in [0.4, 0.5) is 0 Å². The summed E-state index contributed by atoms with van der Waals surface area (Å²) in [7, 11) is 0. The van der Waals surface area contributed by atoms with Crippen molar-refractivity contribution in [2.75, 3.05) is 6.61 Å². The van der Waals surface area contributed by atoms with Crippen LogP contribution < -0.4 is 16.2 Å². The summed E-state index contributed by atoms with van der Waals surface area (Å²) in [5.41, 5.74) is 5.39. The van der Waals surface area contributed by atoms with Gasteiger partial charge in [-0.2, -0.15) is 0 Å². The molecule has 0 saturated carbocycles. The number of H-pyrrole nitrogens is 1. The molecule has 10 nitrogen and oxygen atoms in total. The molecule has 0 spiro atoms. The Morgan fingerprint density at radius 2 is 2.32 bits per heavy atom. The molecular weight excluding hydrogens is 258 g/mol. The molecule has 102 valence electrons. The zero-order valence-corrected chi connectivity index (χ0v) is 9.63. The first-order valence-corrected chi connectivity index (χ1v) is 5.41. The number of hydrogen-bond donors (Lipinski definition) is 4. The van der Waals surface area contributed by atoms with Crippen LogP contribution in [0.25, 0.3) is 0 Å². The third-order valence-corrected chi connectivity index (χ3v) is 2.83. The molecule has 1 aromatic rings. The summed E-state index contributed by atoms with van der Waals surface area (Å²) in [6.45, 7) is -0.472. The largest absolute Gasteiger partial charge is 0.394 e. The molecule has 0 radical (unpaired) electrons. The molecule has 1 saturated heterocycles. The highest BCUT2D eigenvalue weighted by molar-refractivity contribution is 4.95. The Bertz CT molecular complexity index is 618. The number of aliphatic hydroxyl groups excluding tert-OH is 2. The van der Waals surface area contributed by atoms with Gasteiger partial charge >= 0.3 is 5.69 Å². The first-order chi connectivity index (χ1) is 9.08. The monoisotopic (exact) mass is 270 g/mol. The van der Waals surface area contributed by atoms with Crippen LogP contribution in [0.15, 0.2) is 27.0 Å². The molecule has 19 heavy (non-hydrogen) atoms. The van der Waals surface area contributed by atoms with Crippen molar-refractivity contribution >= 4 is 0 Å². The van der Waals surface area contributed by atoms with Gasteiger partial charge in [0.15, 0.2) is 6.23 Å². The Morgan fingerprint density at radius 1 is 1.58 bits per heavy atom. The van der Waals surface area contributed by atoms with E-state index >= 15 is 0 Å². The number of ether oxygens (including phenoxy) is 1. The molecule has 4 N–H and O–H groups in total. The van der Waals surface area contributed by atoms with Crippen LogP contribution in [-0.4, -0.2) is 44.6 Å². The summed E-state index contributed by atoms with van der Waals surface area (Å²) in [5.74, 6) is 0. The number of aromatic nitrogens is 2. The number of hydrogen-bond acceptors (Lipinski definition) is 7. The van der Waals surface area contributed by atoms with Crippen molar-refractivity contribution in [2.24, 2.45) is 5.11 Å². The number of rotatable bonds is 3. The maximum absolute atomic E-state index is 11.6. The van der Waals surface area contributed by atoms with Crippen LogP contribution in [0.3, 0.4) is 0 Å². The van der Waals surface area contributed by atoms with Gasteiger partial charge in [-0.1, -0.05) is 0 Å². The Labute approximate surface area is 105 Å². The molecule has 1 fully saturated rings. The molecule has 0 aromatic carbocycles. The zero-order valence-electron chi connectivity index (χ0n) is 9.63. The van der Waals surface area contributed by atoms with Crippen molar-refractivity contribution in [1.29, 1.82) is 5.53 Å². The number of nitrogens with zero attached hydrogens (tertiary/aromatic N) is 3. The van der Waals surface area contributed by atoms with Gasteiger partial charge in [-0.3, -0.25) is 14.3 Å². The molecule has 0 aliphatic carbocycles. The van der Waals surface area contributed by atoms with Crippen molar-refractivity contribution in [3.05, 3.63) is 33.1 Å². The summed E-state index contributed by atoms with van der Waals surface area (Å²) in [4.78, 5) is 27.5. The lowest BCUT2D eigenvalue weighted by Crippen LogP contribution is -2.36. The summed E-state index contributed by atoms with van der Waals surface area (Å²) < 4.78 is 6.31. The van der Waals surface area contributed by atoms with Gasteiger partial charge < -0.3 is 14.9 Å². The number of aromatic amines is 1. The maximum atomic E-state index is 11.6. The van der Waals surface area contributed by atoms with Gasteiger partial charge in [0, 0.05) is 12.3 Å². The molecule has 2 heterocycles. The highest BCUT2D eigenvalue weighted by Gasteiger charge is 2.48. The third-order valence-electron chi connectivity index (χ3n) is 2.83. The summed E-state index contributed by atoms with van der Waals surface area (Å²) in [6, 6.07) is 0.0939. The van der Waals surface area contributed by atoms with E-state index in [2.05, 4.69) is 10.0 Å². The van der Waals surface area contributed by atoms with Crippen LogP contribution in [0.2, 0.25) is 0 Å². The molecule has 10 heteroatoms. The van der Waals surface area contributed by atoms with Crippen molar-refractivity contribution in [1.82, 2.24) is 14.5 Å². The Morgan fingerprint density at radius 3 is 2.89 bits per heavy atom. The average Bonchev–Trinajstić information content (AvgIpc) is 2.68. The van der Waals surface area contributed by atoms with Crippen LogP contribution >= 0.6 is 0 Å². The smallest absolute Gasteiger partial charge is 0.330 e. The van der Waals surface area contributed by atoms with E-state index in [0.29, 0.717) is 0 Å². The minimum Gasteiger partial charge on any atom is -0.394 e. The first kappa shape index (κ1) is 13.3. The normalized spacial score (nSPS) is 30.0. The van der Waals surface area contributed by atoms with Gasteiger partial charge in [0.25, 0.3) is 5.56 Å². The molecule has 1 aliphatic rings. The molecule has 1 aromatic heterocycles. The van der Waals surface area contributed by atoms with E-state index in [1.54, 1.807) is 0 Å². The molecule has 0 unspecified atom stereocenters. The van der Waals surface area contributed by atoms with Crippen molar-refractivity contribution < 1.29 is 14.9 Å². The third kappa shape index (κ3) is 2.37. The predicted octanol–water partition coefficient (Wildman–Crippen LogP) is -2.29. The van der Waals surface area contributed by atoms with Gasteiger partial charge in [0.1, 0.15) is 22.9 Å². The number of aliphatic hydroxyl groups is 2. The average molecular weight is 270 g/mol. The minimum absolute atomic E-state index is 0.472. The Kier molecular flexibility index (Phi) is 3.67. The van der Waals surface area contributed by atoms with E-state index in [-0.39, 0.29) is 0 Å². The summed E-state index contributed by atoms with van der Waals surface area (Å²) in [6.07, 6.45) is -2.02. The second-order valence-electron chi connectivity index (χ2n) is 3.96. The van der Waals surface area contributed by atoms with Crippen LogP contribution in [0, 0.1) is 5.53 Å². The van der Waals surface area contributed by atoms with E-state index in [9.17, 15) is 14.7 Å². The fourth-order valence-corrected chi connectivity index (χ4v) is 1.93. The lowest BCUT2D eigenvalue weighted by atomic mass is 10.1. The molecule has 0 amide bonds. The van der Waals surface area contributed by atoms with Gasteiger partial charge in [-0.25, -0.2) is 4.79 Å². The highest BCUT2D eigenvalue weighted by atomic mass is 16.5. The quantitative estimate of drug-likeness (QED) is 0.359. The van der Waals surface area contributed by atoms with Gasteiger partial charge in [-0.05, 0) is 0 Å². The van der Waals surface area contributed by atoms with E-state index in [0.717, 1.165) is 10.6 Å². The second kappa shape index (κ2) is 5.24.